The van der Waals surface area contributed by atoms with E-state index in [1.165, 1.54) is 5.75 Å². The van der Waals surface area contributed by atoms with E-state index < -0.39 is 0 Å². The number of hydrogen-bond acceptors (Lipinski definition) is 4. The second kappa shape index (κ2) is 6.55. The van der Waals surface area contributed by atoms with Gasteiger partial charge in [0.05, 0.1) is 11.7 Å². The lowest BCUT2D eigenvalue weighted by Gasteiger charge is -2.49. The van der Waals surface area contributed by atoms with Gasteiger partial charge in [0.25, 0.3) is 0 Å². The van der Waals surface area contributed by atoms with Gasteiger partial charge in [-0.1, -0.05) is 13.8 Å². The Labute approximate surface area is 128 Å². The van der Waals surface area contributed by atoms with Crippen LogP contribution >= 0.6 is 11.8 Å². The molecule has 0 aromatic heterocycles. The molecule has 2 fully saturated rings. The molecule has 0 radical (unpaired) electrons. The molecule has 2 aliphatic heterocycles. The fourth-order valence-corrected chi connectivity index (χ4v) is 5.58. The van der Waals surface area contributed by atoms with Gasteiger partial charge in [-0.2, -0.15) is 11.8 Å². The van der Waals surface area contributed by atoms with Gasteiger partial charge in [-0.05, 0) is 57.9 Å². The van der Waals surface area contributed by atoms with Crippen LogP contribution in [0.4, 0.5) is 0 Å². The van der Waals surface area contributed by atoms with Crippen LogP contribution in [0.1, 0.15) is 46.0 Å². The number of thioether (sulfide) groups is 1. The van der Waals surface area contributed by atoms with E-state index in [1.54, 1.807) is 0 Å². The molecule has 0 amide bonds. The van der Waals surface area contributed by atoms with Crippen molar-refractivity contribution in [1.29, 1.82) is 0 Å². The van der Waals surface area contributed by atoms with Crippen molar-refractivity contribution in [2.45, 2.75) is 63.2 Å². The summed E-state index contributed by atoms with van der Waals surface area (Å²) in [6, 6.07) is 0. The van der Waals surface area contributed by atoms with Crippen LogP contribution in [0.3, 0.4) is 0 Å². The Morgan fingerprint density at radius 2 is 2.10 bits per heavy atom. The van der Waals surface area contributed by atoms with Gasteiger partial charge in [0, 0.05) is 17.9 Å². The summed E-state index contributed by atoms with van der Waals surface area (Å²) >= 11 is 2.00. The quantitative estimate of drug-likeness (QED) is 0.846. The first-order chi connectivity index (χ1) is 9.49. The van der Waals surface area contributed by atoms with Crippen LogP contribution in [0.25, 0.3) is 0 Å². The molecule has 0 aliphatic carbocycles. The summed E-state index contributed by atoms with van der Waals surface area (Å²) in [6.07, 6.45) is 4.94. The van der Waals surface area contributed by atoms with Crippen LogP contribution in [0.5, 0.6) is 0 Å². The van der Waals surface area contributed by atoms with Gasteiger partial charge in [0.2, 0.25) is 0 Å². The predicted molar refractivity (Wildman–Crippen MR) is 86.4 cm³/mol. The largest absolute Gasteiger partial charge is 0.391 e. The first-order valence-electron chi connectivity index (χ1n) is 8.07. The maximum absolute atomic E-state index is 11.1. The van der Waals surface area contributed by atoms with Gasteiger partial charge >= 0.3 is 0 Å². The molecule has 2 rings (SSSR count). The van der Waals surface area contributed by atoms with E-state index in [0.717, 1.165) is 44.5 Å². The lowest BCUT2D eigenvalue weighted by atomic mass is 9.73. The highest BCUT2D eigenvalue weighted by atomic mass is 32.2. The predicted octanol–water partition coefficient (Wildman–Crippen LogP) is 2.77. The summed E-state index contributed by atoms with van der Waals surface area (Å²) < 4.78 is 6.10. The van der Waals surface area contributed by atoms with Crippen molar-refractivity contribution < 1.29 is 9.84 Å². The highest BCUT2D eigenvalue weighted by molar-refractivity contribution is 7.99. The zero-order valence-electron chi connectivity index (χ0n) is 13.5. The van der Waals surface area contributed by atoms with Gasteiger partial charge in [0.1, 0.15) is 0 Å². The maximum atomic E-state index is 11.1. The molecule has 1 N–H and O–H groups in total. The third-order valence-corrected chi connectivity index (χ3v) is 6.93. The summed E-state index contributed by atoms with van der Waals surface area (Å²) in [5.74, 6) is 2.71. The molecule has 4 heteroatoms. The van der Waals surface area contributed by atoms with Crippen molar-refractivity contribution in [3.8, 4) is 0 Å². The SMILES string of the molecule is CCC(CC)(C(O)C1CCOC2(CCSC2)C1)N(C)C. The second-order valence-corrected chi connectivity index (χ2v) is 7.84. The zero-order valence-corrected chi connectivity index (χ0v) is 14.3. The van der Waals surface area contributed by atoms with E-state index in [0.29, 0.717) is 5.92 Å². The van der Waals surface area contributed by atoms with Crippen LogP contribution < -0.4 is 0 Å². The number of hydrogen-bond donors (Lipinski definition) is 1. The minimum atomic E-state index is -0.251. The van der Waals surface area contributed by atoms with E-state index in [-0.39, 0.29) is 17.2 Å². The highest BCUT2D eigenvalue weighted by Crippen LogP contribution is 2.44. The normalized spacial score (nSPS) is 33.0. The average Bonchev–Trinajstić information content (AvgIpc) is 2.88. The van der Waals surface area contributed by atoms with E-state index >= 15 is 0 Å². The molecule has 3 atom stereocenters. The molecule has 2 aliphatic rings. The van der Waals surface area contributed by atoms with E-state index in [4.69, 9.17) is 4.74 Å². The van der Waals surface area contributed by atoms with E-state index in [1.807, 2.05) is 11.8 Å². The standard InChI is InChI=1S/C16H31NO2S/c1-5-16(6-2,17(3)4)14(18)13-7-9-19-15(11-13)8-10-20-12-15/h13-14,18H,5-12H2,1-4H3. The molecule has 2 saturated heterocycles. The van der Waals surface area contributed by atoms with Crippen molar-refractivity contribution in [1.82, 2.24) is 4.90 Å². The van der Waals surface area contributed by atoms with E-state index in [9.17, 15) is 5.11 Å². The maximum Gasteiger partial charge on any atom is 0.0783 e. The number of aliphatic hydroxyl groups excluding tert-OH is 1. The van der Waals surface area contributed by atoms with Gasteiger partial charge in [-0.3, -0.25) is 0 Å². The number of ether oxygens (including phenoxy) is 1. The van der Waals surface area contributed by atoms with Crippen molar-refractivity contribution in [3.05, 3.63) is 0 Å². The highest BCUT2D eigenvalue weighted by Gasteiger charge is 2.47. The van der Waals surface area contributed by atoms with E-state index in [2.05, 4.69) is 32.8 Å². The second-order valence-electron chi connectivity index (χ2n) is 6.74. The Balaban J connectivity index is 2.12. The third kappa shape index (κ3) is 2.90. The Hall–Kier alpha value is 0.230. The molecule has 2 heterocycles. The lowest BCUT2D eigenvalue weighted by molar-refractivity contribution is -0.129. The molecule has 118 valence electrons. The monoisotopic (exact) mass is 301 g/mol. The van der Waals surface area contributed by atoms with Gasteiger partial charge < -0.3 is 14.7 Å². The number of rotatable bonds is 5. The first kappa shape index (κ1) is 16.6. The number of nitrogens with zero attached hydrogens (tertiary/aromatic N) is 1. The molecule has 3 nitrogen and oxygen atoms in total. The fraction of sp³-hybridized carbons (Fsp3) is 1.00. The molecule has 0 aromatic carbocycles. The lowest BCUT2D eigenvalue weighted by Crippen LogP contribution is -2.57. The summed E-state index contributed by atoms with van der Waals surface area (Å²) in [6.45, 7) is 5.22. The van der Waals surface area contributed by atoms with Crippen molar-refractivity contribution in [2.24, 2.45) is 5.92 Å². The Morgan fingerprint density at radius 3 is 2.60 bits per heavy atom. The Bertz CT molecular complexity index is 312. The molecular weight excluding hydrogens is 270 g/mol. The summed E-state index contributed by atoms with van der Waals surface area (Å²) in [4.78, 5) is 2.24. The Morgan fingerprint density at radius 1 is 1.40 bits per heavy atom. The molecule has 0 saturated carbocycles. The van der Waals surface area contributed by atoms with Crippen molar-refractivity contribution in [2.75, 3.05) is 32.2 Å². The molecule has 3 unspecified atom stereocenters. The summed E-state index contributed by atoms with van der Waals surface area (Å²) in [5.41, 5.74) is -0.0248. The number of aliphatic hydroxyl groups is 1. The van der Waals surface area contributed by atoms with Gasteiger partial charge in [0.15, 0.2) is 0 Å². The van der Waals surface area contributed by atoms with Gasteiger partial charge in [-0.15, -0.1) is 0 Å². The van der Waals surface area contributed by atoms with Crippen LogP contribution in [0, 0.1) is 5.92 Å². The molecule has 1 spiro atoms. The molecular formula is C16H31NO2S. The van der Waals surface area contributed by atoms with Crippen LogP contribution in [-0.4, -0.2) is 59.5 Å². The Kier molecular flexibility index (Phi) is 5.44. The minimum Gasteiger partial charge on any atom is -0.391 e. The third-order valence-electron chi connectivity index (χ3n) is 5.71. The average molecular weight is 301 g/mol. The number of likely N-dealkylation sites (N-methyl/N-ethyl adjacent to an activating group) is 1. The van der Waals surface area contributed by atoms with Crippen molar-refractivity contribution >= 4 is 11.8 Å². The topological polar surface area (TPSA) is 32.7 Å². The van der Waals surface area contributed by atoms with Gasteiger partial charge in [-0.25, -0.2) is 0 Å². The zero-order chi connectivity index (χ0) is 14.8. The smallest absolute Gasteiger partial charge is 0.0783 e. The molecule has 0 bridgehead atoms. The van der Waals surface area contributed by atoms with Crippen LogP contribution in [-0.2, 0) is 4.74 Å². The molecule has 0 aromatic rings. The minimum absolute atomic E-state index is 0.0636. The first-order valence-corrected chi connectivity index (χ1v) is 9.22. The summed E-state index contributed by atoms with van der Waals surface area (Å²) in [5, 5.41) is 11.1. The van der Waals surface area contributed by atoms with Crippen LogP contribution in [0.15, 0.2) is 0 Å². The molecule has 20 heavy (non-hydrogen) atoms. The summed E-state index contributed by atoms with van der Waals surface area (Å²) in [7, 11) is 4.22. The van der Waals surface area contributed by atoms with Crippen LogP contribution in [0.2, 0.25) is 0 Å². The fourth-order valence-electron chi connectivity index (χ4n) is 4.20. The van der Waals surface area contributed by atoms with Crippen molar-refractivity contribution in [3.63, 3.8) is 0 Å².